The van der Waals surface area contributed by atoms with Crippen LogP contribution in [0.2, 0.25) is 0 Å². The third-order valence-electron chi connectivity index (χ3n) is 4.13. The minimum atomic E-state index is -3.86. The van der Waals surface area contributed by atoms with E-state index in [2.05, 4.69) is 5.32 Å². The first-order valence-electron chi connectivity index (χ1n) is 9.14. The fourth-order valence-electron chi connectivity index (χ4n) is 3.13. The van der Waals surface area contributed by atoms with Gasteiger partial charge in [0.2, 0.25) is 0 Å². The number of hydrogen-bond acceptors (Lipinski definition) is 6. The lowest BCUT2D eigenvalue weighted by Gasteiger charge is -2.31. The molecule has 156 valence electrons. The smallest absolute Gasteiger partial charge is 0.407 e. The van der Waals surface area contributed by atoms with E-state index in [9.17, 15) is 18.0 Å². The molecule has 1 rings (SSSR count). The molecule has 2 atom stereocenters. The summed E-state index contributed by atoms with van der Waals surface area (Å²) in [6.45, 7) is 5.16. The molecular weight excluding hydrogens is 374 g/mol. The minimum absolute atomic E-state index is 0.294. The van der Waals surface area contributed by atoms with Crippen molar-refractivity contribution in [3.63, 3.8) is 0 Å². The first kappa shape index (κ1) is 23.4. The predicted molar refractivity (Wildman–Crippen MR) is 101 cm³/mol. The summed E-state index contributed by atoms with van der Waals surface area (Å²) in [7, 11) is -3.86. The predicted octanol–water partition coefficient (Wildman–Crippen LogP) is 2.84. The Morgan fingerprint density at radius 3 is 2.30 bits per heavy atom. The van der Waals surface area contributed by atoms with Crippen LogP contribution in [-0.4, -0.2) is 49.6 Å². The molecular formula is C18H31NO7S. The number of carboxylic acids is 1. The number of ether oxygens (including phenoxy) is 1. The van der Waals surface area contributed by atoms with Crippen molar-refractivity contribution < 1.29 is 32.0 Å². The molecule has 27 heavy (non-hydrogen) atoms. The first-order chi connectivity index (χ1) is 12.4. The van der Waals surface area contributed by atoms with Crippen LogP contribution in [0.15, 0.2) is 12.2 Å². The normalized spacial score (nSPS) is 18.8. The number of rotatable bonds is 8. The van der Waals surface area contributed by atoms with Crippen LogP contribution in [0, 0.1) is 5.92 Å². The molecule has 2 N–H and O–H groups in total. The van der Waals surface area contributed by atoms with Gasteiger partial charge >= 0.3 is 12.1 Å². The van der Waals surface area contributed by atoms with E-state index in [1.807, 2.05) is 0 Å². The zero-order valence-corrected chi connectivity index (χ0v) is 17.3. The van der Waals surface area contributed by atoms with Crippen molar-refractivity contribution in [2.24, 2.45) is 5.92 Å². The highest BCUT2D eigenvalue weighted by atomic mass is 32.2. The lowest BCUT2D eigenvalue weighted by atomic mass is 9.83. The largest absolute Gasteiger partial charge is 0.478 e. The maximum absolute atomic E-state index is 12.2. The van der Waals surface area contributed by atoms with Gasteiger partial charge in [-0.25, -0.2) is 9.59 Å². The molecule has 1 fully saturated rings. The van der Waals surface area contributed by atoms with Crippen molar-refractivity contribution in [3.05, 3.63) is 12.2 Å². The van der Waals surface area contributed by atoms with Gasteiger partial charge in [0.05, 0.1) is 12.3 Å². The minimum Gasteiger partial charge on any atom is -0.478 e. The quantitative estimate of drug-likeness (QED) is 0.471. The summed E-state index contributed by atoms with van der Waals surface area (Å²) in [5.74, 6) is -0.937. The number of amides is 1. The molecule has 2 unspecified atom stereocenters. The van der Waals surface area contributed by atoms with Crippen molar-refractivity contribution >= 4 is 22.2 Å². The standard InChI is InChI=1S/C18H31NO7S/c1-18(2,3)25-17(22)19-14(12-13-8-6-5-7-9-13)15(10-11-16(20)21)26-27(4,23)24/h10-11,13-15H,5-9,12H2,1-4H3,(H,19,22)(H,20,21). The summed E-state index contributed by atoms with van der Waals surface area (Å²) >= 11 is 0. The van der Waals surface area contributed by atoms with E-state index in [1.54, 1.807) is 20.8 Å². The zero-order valence-electron chi connectivity index (χ0n) is 16.4. The third kappa shape index (κ3) is 11.0. The van der Waals surface area contributed by atoms with Gasteiger partial charge in [0.15, 0.2) is 0 Å². The monoisotopic (exact) mass is 405 g/mol. The highest BCUT2D eigenvalue weighted by molar-refractivity contribution is 7.86. The summed E-state index contributed by atoms with van der Waals surface area (Å²) in [5.41, 5.74) is -0.719. The van der Waals surface area contributed by atoms with Crippen molar-refractivity contribution in [3.8, 4) is 0 Å². The van der Waals surface area contributed by atoms with E-state index in [-0.39, 0.29) is 0 Å². The Balaban J connectivity index is 3.03. The second-order valence-electron chi connectivity index (χ2n) is 7.95. The Kier molecular flexibility index (Phi) is 8.74. The Morgan fingerprint density at radius 1 is 1.22 bits per heavy atom. The molecule has 1 saturated carbocycles. The molecule has 0 saturated heterocycles. The molecule has 0 aromatic rings. The fourth-order valence-corrected chi connectivity index (χ4v) is 3.73. The Morgan fingerprint density at radius 2 is 1.81 bits per heavy atom. The first-order valence-corrected chi connectivity index (χ1v) is 11.0. The van der Waals surface area contributed by atoms with Gasteiger partial charge in [-0.15, -0.1) is 0 Å². The van der Waals surface area contributed by atoms with Crippen LogP contribution < -0.4 is 5.32 Å². The van der Waals surface area contributed by atoms with E-state index < -0.39 is 39.9 Å². The Hall–Kier alpha value is -1.61. The second kappa shape index (κ2) is 10.1. The number of aliphatic carboxylic acids is 1. The van der Waals surface area contributed by atoms with E-state index in [0.29, 0.717) is 12.3 Å². The summed E-state index contributed by atoms with van der Waals surface area (Å²) in [6, 6.07) is -0.728. The number of carboxylic acid groups (broad SMARTS) is 1. The van der Waals surface area contributed by atoms with Crippen molar-refractivity contribution in [2.75, 3.05) is 6.26 Å². The molecule has 9 heteroatoms. The average Bonchev–Trinajstić information content (AvgIpc) is 2.48. The lowest BCUT2D eigenvalue weighted by molar-refractivity contribution is -0.131. The SMILES string of the molecule is CC(C)(C)OC(=O)NC(CC1CCCCC1)C(C=CC(=O)O)OS(C)(=O)=O. The summed E-state index contributed by atoms with van der Waals surface area (Å²) in [6.07, 6.45) is 6.75. The Labute approximate surface area is 161 Å². The van der Waals surface area contributed by atoms with Crippen LogP contribution in [0.1, 0.15) is 59.3 Å². The molecule has 8 nitrogen and oxygen atoms in total. The molecule has 0 bridgehead atoms. The Bertz CT molecular complexity index is 631. The molecule has 1 aliphatic carbocycles. The van der Waals surface area contributed by atoms with Gasteiger partial charge in [-0.05, 0) is 39.2 Å². The maximum Gasteiger partial charge on any atom is 0.407 e. The molecule has 0 spiro atoms. The van der Waals surface area contributed by atoms with Crippen LogP contribution in [0.5, 0.6) is 0 Å². The van der Waals surface area contributed by atoms with Crippen LogP contribution in [0.4, 0.5) is 4.79 Å². The highest BCUT2D eigenvalue weighted by Gasteiger charge is 2.30. The number of alkyl carbamates (subject to hydrolysis) is 1. The van der Waals surface area contributed by atoms with Gasteiger partial charge in [-0.1, -0.05) is 32.1 Å². The lowest BCUT2D eigenvalue weighted by Crippen LogP contribution is -2.47. The number of carbonyl (C=O) groups is 2. The molecule has 0 aliphatic heterocycles. The van der Waals surface area contributed by atoms with Crippen molar-refractivity contribution in [1.82, 2.24) is 5.32 Å². The third-order valence-corrected chi connectivity index (χ3v) is 4.70. The van der Waals surface area contributed by atoms with E-state index in [0.717, 1.165) is 50.5 Å². The highest BCUT2D eigenvalue weighted by Crippen LogP contribution is 2.29. The van der Waals surface area contributed by atoms with Gasteiger partial charge in [-0.2, -0.15) is 8.42 Å². The van der Waals surface area contributed by atoms with Crippen LogP contribution in [0.3, 0.4) is 0 Å². The van der Waals surface area contributed by atoms with Crippen molar-refractivity contribution in [1.29, 1.82) is 0 Å². The summed E-state index contributed by atoms with van der Waals surface area (Å²) < 4.78 is 33.6. The van der Waals surface area contributed by atoms with E-state index in [1.165, 1.54) is 0 Å². The zero-order chi connectivity index (χ0) is 20.7. The molecule has 1 amide bonds. The van der Waals surface area contributed by atoms with Gasteiger partial charge in [0.25, 0.3) is 10.1 Å². The number of nitrogens with one attached hydrogen (secondary N) is 1. The van der Waals surface area contributed by atoms with Crippen LogP contribution in [0.25, 0.3) is 0 Å². The molecule has 0 aromatic heterocycles. The maximum atomic E-state index is 12.2. The van der Waals surface area contributed by atoms with Gasteiger partial charge in [0.1, 0.15) is 11.7 Å². The summed E-state index contributed by atoms with van der Waals surface area (Å²) in [4.78, 5) is 23.1. The molecule has 0 aromatic carbocycles. The summed E-state index contributed by atoms with van der Waals surface area (Å²) in [5, 5.41) is 11.6. The number of carbonyl (C=O) groups excluding carboxylic acids is 1. The molecule has 0 radical (unpaired) electrons. The number of hydrogen-bond donors (Lipinski definition) is 2. The average molecular weight is 406 g/mol. The van der Waals surface area contributed by atoms with Crippen molar-refractivity contribution in [2.45, 2.75) is 77.0 Å². The van der Waals surface area contributed by atoms with E-state index >= 15 is 0 Å². The van der Waals surface area contributed by atoms with Gasteiger partial charge in [-0.3, -0.25) is 4.18 Å². The van der Waals surface area contributed by atoms with Crippen LogP contribution >= 0.6 is 0 Å². The topological polar surface area (TPSA) is 119 Å². The van der Waals surface area contributed by atoms with Crippen LogP contribution in [-0.2, 0) is 23.8 Å². The van der Waals surface area contributed by atoms with Gasteiger partial charge in [0, 0.05) is 6.08 Å². The molecule has 0 heterocycles. The second-order valence-corrected chi connectivity index (χ2v) is 9.56. The molecule has 1 aliphatic rings. The van der Waals surface area contributed by atoms with Gasteiger partial charge < -0.3 is 15.2 Å². The fraction of sp³-hybridized carbons (Fsp3) is 0.778. The van der Waals surface area contributed by atoms with E-state index in [4.69, 9.17) is 14.0 Å².